The molecule has 0 aromatic heterocycles. The van der Waals surface area contributed by atoms with Crippen LogP contribution in [-0.2, 0) is 0 Å². The summed E-state index contributed by atoms with van der Waals surface area (Å²) in [5.74, 6) is 1.62. The van der Waals surface area contributed by atoms with Crippen LogP contribution in [0, 0.1) is 0 Å². The Labute approximate surface area is 106 Å². The second-order valence-electron chi connectivity index (χ2n) is 4.98. The Bertz CT molecular complexity index is 452. The van der Waals surface area contributed by atoms with Crippen molar-refractivity contribution in [2.24, 2.45) is 0 Å². The van der Waals surface area contributed by atoms with Crippen molar-refractivity contribution in [3.63, 3.8) is 0 Å². The Hall–Kier alpha value is -1.55. The zero-order valence-corrected chi connectivity index (χ0v) is 10.4. The summed E-state index contributed by atoms with van der Waals surface area (Å²) in [6.07, 6.45) is 3.79. The Balaban J connectivity index is 1.68. The summed E-state index contributed by atoms with van der Waals surface area (Å²) in [6.45, 7) is 3.09. The van der Waals surface area contributed by atoms with Gasteiger partial charge in [0.05, 0.1) is 13.1 Å². The predicted molar refractivity (Wildman–Crippen MR) is 66.3 cm³/mol. The number of hydrogen-bond donors (Lipinski definition) is 1. The van der Waals surface area contributed by atoms with Gasteiger partial charge in [-0.3, -0.25) is 4.79 Å². The molecular formula is C14H18NO3+. The lowest BCUT2D eigenvalue weighted by Crippen LogP contribution is -3.13. The fraction of sp³-hybridized carbons (Fsp3) is 0.500. The maximum absolute atomic E-state index is 12.2. The van der Waals surface area contributed by atoms with E-state index < -0.39 is 0 Å². The fourth-order valence-electron chi connectivity index (χ4n) is 2.63. The minimum atomic E-state index is 0.199. The third-order valence-corrected chi connectivity index (χ3v) is 3.67. The summed E-state index contributed by atoms with van der Waals surface area (Å²) < 4.78 is 10.5. The average molecular weight is 248 g/mol. The van der Waals surface area contributed by atoms with Crippen molar-refractivity contribution in [2.45, 2.75) is 19.3 Å². The lowest BCUT2D eigenvalue weighted by Gasteiger charge is -2.22. The number of likely N-dealkylation sites (tertiary alicyclic amines) is 1. The number of fused-ring (bicyclic) bond motifs is 1. The van der Waals surface area contributed by atoms with Gasteiger partial charge in [0.2, 0.25) is 12.6 Å². The molecule has 0 amide bonds. The van der Waals surface area contributed by atoms with E-state index in [1.54, 1.807) is 6.07 Å². The van der Waals surface area contributed by atoms with Crippen LogP contribution in [0.4, 0.5) is 0 Å². The Morgan fingerprint density at radius 2 is 1.89 bits per heavy atom. The topological polar surface area (TPSA) is 40.0 Å². The summed E-state index contributed by atoms with van der Waals surface area (Å²) in [7, 11) is 0. The van der Waals surface area contributed by atoms with Crippen LogP contribution in [0.5, 0.6) is 11.5 Å². The molecule has 2 heterocycles. The number of quaternary nitrogens is 1. The number of carbonyl (C=O) groups excluding carboxylic acids is 1. The fourth-order valence-corrected chi connectivity index (χ4v) is 2.63. The summed E-state index contributed by atoms with van der Waals surface area (Å²) in [5, 5.41) is 0. The highest BCUT2D eigenvalue weighted by molar-refractivity contribution is 5.97. The average Bonchev–Trinajstić information content (AvgIpc) is 2.87. The van der Waals surface area contributed by atoms with E-state index in [4.69, 9.17) is 9.47 Å². The van der Waals surface area contributed by atoms with E-state index in [-0.39, 0.29) is 12.6 Å². The van der Waals surface area contributed by atoms with Gasteiger partial charge < -0.3 is 14.4 Å². The molecule has 1 fully saturated rings. The van der Waals surface area contributed by atoms with Gasteiger partial charge in [-0.15, -0.1) is 0 Å². The van der Waals surface area contributed by atoms with Crippen LogP contribution in [0.2, 0.25) is 0 Å². The predicted octanol–water partition coefficient (Wildman–Crippen LogP) is 0.667. The van der Waals surface area contributed by atoms with E-state index in [1.807, 2.05) is 12.1 Å². The number of ether oxygens (including phenoxy) is 2. The number of carbonyl (C=O) groups is 1. The number of ketones is 1. The summed E-state index contributed by atoms with van der Waals surface area (Å²) in [5.41, 5.74) is 0.734. The number of benzene rings is 1. The molecule has 0 radical (unpaired) electrons. The van der Waals surface area contributed by atoms with Crippen molar-refractivity contribution >= 4 is 5.78 Å². The number of hydrogen-bond acceptors (Lipinski definition) is 3. The SMILES string of the molecule is O=C(C[NH+]1CCCCC1)c1ccc2c(c1)OCO2. The first-order valence-electron chi connectivity index (χ1n) is 6.59. The first-order chi connectivity index (χ1) is 8.83. The highest BCUT2D eigenvalue weighted by Gasteiger charge is 2.21. The molecule has 96 valence electrons. The molecule has 3 rings (SSSR count). The van der Waals surface area contributed by atoms with Gasteiger partial charge >= 0.3 is 0 Å². The Kier molecular flexibility index (Phi) is 3.19. The second kappa shape index (κ2) is 4.98. The van der Waals surface area contributed by atoms with E-state index in [9.17, 15) is 4.79 Å². The first kappa shape index (κ1) is 11.5. The highest BCUT2D eigenvalue weighted by atomic mass is 16.7. The minimum absolute atomic E-state index is 0.199. The molecule has 0 spiro atoms. The van der Waals surface area contributed by atoms with Gasteiger partial charge in [-0.25, -0.2) is 0 Å². The Morgan fingerprint density at radius 1 is 1.11 bits per heavy atom. The van der Waals surface area contributed by atoms with Crippen molar-refractivity contribution in [1.29, 1.82) is 0 Å². The third kappa shape index (κ3) is 2.34. The van der Waals surface area contributed by atoms with Gasteiger partial charge in [0, 0.05) is 5.56 Å². The molecule has 1 aromatic rings. The molecule has 1 N–H and O–H groups in total. The molecule has 4 nitrogen and oxygen atoms in total. The zero-order chi connectivity index (χ0) is 12.4. The molecular weight excluding hydrogens is 230 g/mol. The largest absolute Gasteiger partial charge is 0.454 e. The molecule has 0 atom stereocenters. The van der Waals surface area contributed by atoms with Gasteiger partial charge in [-0.1, -0.05) is 0 Å². The van der Waals surface area contributed by atoms with Gasteiger partial charge in [-0.2, -0.15) is 0 Å². The number of piperidine rings is 1. The van der Waals surface area contributed by atoms with Crippen molar-refractivity contribution in [3.05, 3.63) is 23.8 Å². The molecule has 4 heteroatoms. The molecule has 0 aliphatic carbocycles. The standard InChI is InChI=1S/C14H17NO3/c16-12(9-15-6-2-1-3-7-15)11-4-5-13-14(8-11)18-10-17-13/h4-5,8H,1-3,6-7,9-10H2/p+1. The zero-order valence-electron chi connectivity index (χ0n) is 10.4. The molecule has 2 aliphatic rings. The van der Waals surface area contributed by atoms with Crippen molar-refractivity contribution in [1.82, 2.24) is 0 Å². The smallest absolute Gasteiger partial charge is 0.231 e. The van der Waals surface area contributed by atoms with E-state index >= 15 is 0 Å². The van der Waals surface area contributed by atoms with Crippen LogP contribution in [0.15, 0.2) is 18.2 Å². The summed E-state index contributed by atoms with van der Waals surface area (Å²) in [4.78, 5) is 13.6. The van der Waals surface area contributed by atoms with Crippen LogP contribution in [0.1, 0.15) is 29.6 Å². The molecule has 1 aromatic carbocycles. The molecule has 1 saturated heterocycles. The van der Waals surface area contributed by atoms with Gasteiger partial charge in [0.15, 0.2) is 11.5 Å². The van der Waals surface area contributed by atoms with Gasteiger partial charge in [-0.05, 0) is 37.5 Å². The van der Waals surface area contributed by atoms with E-state index in [0.717, 1.165) is 24.4 Å². The lowest BCUT2D eigenvalue weighted by molar-refractivity contribution is -0.896. The van der Waals surface area contributed by atoms with Crippen LogP contribution in [0.25, 0.3) is 0 Å². The molecule has 2 aliphatic heterocycles. The molecule has 0 saturated carbocycles. The molecule has 0 bridgehead atoms. The Morgan fingerprint density at radius 3 is 2.72 bits per heavy atom. The lowest BCUT2D eigenvalue weighted by atomic mass is 10.1. The monoisotopic (exact) mass is 248 g/mol. The second-order valence-corrected chi connectivity index (χ2v) is 4.98. The van der Waals surface area contributed by atoms with E-state index in [1.165, 1.54) is 24.2 Å². The first-order valence-corrected chi connectivity index (χ1v) is 6.59. The third-order valence-electron chi connectivity index (χ3n) is 3.67. The van der Waals surface area contributed by atoms with Gasteiger partial charge in [0.1, 0.15) is 6.54 Å². The highest BCUT2D eigenvalue weighted by Crippen LogP contribution is 2.32. The number of nitrogens with one attached hydrogen (secondary N) is 1. The molecule has 18 heavy (non-hydrogen) atoms. The maximum Gasteiger partial charge on any atom is 0.231 e. The van der Waals surface area contributed by atoms with Crippen molar-refractivity contribution < 1.29 is 19.2 Å². The summed E-state index contributed by atoms with van der Waals surface area (Å²) in [6, 6.07) is 5.45. The van der Waals surface area contributed by atoms with Crippen LogP contribution < -0.4 is 14.4 Å². The van der Waals surface area contributed by atoms with Crippen molar-refractivity contribution in [3.8, 4) is 11.5 Å². The van der Waals surface area contributed by atoms with E-state index in [0.29, 0.717) is 12.3 Å². The van der Waals surface area contributed by atoms with E-state index in [2.05, 4.69) is 0 Å². The summed E-state index contributed by atoms with van der Waals surface area (Å²) >= 11 is 0. The normalized spacial score (nSPS) is 18.9. The minimum Gasteiger partial charge on any atom is -0.454 e. The molecule has 0 unspecified atom stereocenters. The maximum atomic E-state index is 12.2. The van der Waals surface area contributed by atoms with Crippen LogP contribution in [0.3, 0.4) is 0 Å². The van der Waals surface area contributed by atoms with Crippen molar-refractivity contribution in [2.75, 3.05) is 26.4 Å². The number of rotatable bonds is 3. The van der Waals surface area contributed by atoms with Crippen LogP contribution in [-0.4, -0.2) is 32.2 Å². The number of Topliss-reactive ketones (excluding diaryl/α,β-unsaturated/α-hetero) is 1. The van der Waals surface area contributed by atoms with Gasteiger partial charge in [0.25, 0.3) is 0 Å². The quantitative estimate of drug-likeness (QED) is 0.799. The van der Waals surface area contributed by atoms with Crippen LogP contribution >= 0.6 is 0 Å².